The summed E-state index contributed by atoms with van der Waals surface area (Å²) < 4.78 is 11.2. The van der Waals surface area contributed by atoms with Crippen molar-refractivity contribution in [2.24, 2.45) is 5.92 Å². The van der Waals surface area contributed by atoms with E-state index in [-0.39, 0.29) is 11.5 Å². The number of rotatable bonds is 8. The van der Waals surface area contributed by atoms with E-state index in [4.69, 9.17) is 14.3 Å². The second-order valence-corrected chi connectivity index (χ2v) is 8.88. The van der Waals surface area contributed by atoms with Gasteiger partial charge in [-0.15, -0.1) is 0 Å². The number of piperidine rings is 1. The van der Waals surface area contributed by atoms with Crippen LogP contribution in [0.2, 0.25) is 0 Å². The van der Waals surface area contributed by atoms with Crippen molar-refractivity contribution in [2.45, 2.75) is 12.8 Å². The predicted octanol–water partition coefficient (Wildman–Crippen LogP) is 4.98. The van der Waals surface area contributed by atoms with Gasteiger partial charge < -0.3 is 24.5 Å². The normalized spacial score (nSPS) is 13.8. The number of carboxylic acids is 1. The number of hydrogen-bond acceptors (Lipinski definition) is 7. The number of ether oxygens (including phenoxy) is 1. The molecule has 1 aliphatic heterocycles. The maximum absolute atomic E-state index is 12.7. The van der Waals surface area contributed by atoms with E-state index < -0.39 is 5.97 Å². The molecular formula is C28H26N4O5. The third-order valence-electron chi connectivity index (χ3n) is 6.35. The highest BCUT2D eigenvalue weighted by Crippen LogP contribution is 2.25. The minimum atomic E-state index is -0.964. The first-order valence-electron chi connectivity index (χ1n) is 12.0. The number of carboxylic acid groups (broad SMARTS) is 1. The lowest BCUT2D eigenvalue weighted by Gasteiger charge is -2.32. The van der Waals surface area contributed by atoms with Crippen LogP contribution in [0.25, 0.3) is 11.3 Å². The summed E-state index contributed by atoms with van der Waals surface area (Å²) in [5.74, 6) is 1.23. The molecule has 0 spiro atoms. The predicted molar refractivity (Wildman–Crippen MR) is 138 cm³/mol. The molecule has 0 atom stereocenters. The first-order valence-corrected chi connectivity index (χ1v) is 12.0. The van der Waals surface area contributed by atoms with Gasteiger partial charge in [0, 0.05) is 24.2 Å². The first kappa shape index (κ1) is 24.1. The van der Waals surface area contributed by atoms with Gasteiger partial charge in [0.05, 0.1) is 30.3 Å². The number of aromatic nitrogens is 2. The van der Waals surface area contributed by atoms with Crippen LogP contribution in [0.1, 0.15) is 33.6 Å². The standard InChI is InChI=1S/C28H26N4O5/c33-27(21-4-1-3-20(13-21)25-16-29-18-37-25)31-23-7-8-26(30-15-23)32-11-9-19(10-12-32)17-36-24-6-2-5-22(14-24)28(34)35/h1-8,13-16,18-19H,9-12,17H2,(H,31,33)(H,34,35). The molecule has 0 bridgehead atoms. The number of amides is 1. The van der Waals surface area contributed by atoms with Crippen LogP contribution in [0.5, 0.6) is 5.75 Å². The number of anilines is 2. The number of oxazole rings is 1. The molecule has 0 aliphatic carbocycles. The fourth-order valence-corrected chi connectivity index (χ4v) is 4.28. The molecule has 1 aliphatic rings. The van der Waals surface area contributed by atoms with Gasteiger partial charge in [0.25, 0.3) is 5.91 Å². The van der Waals surface area contributed by atoms with E-state index in [0.717, 1.165) is 37.3 Å². The Morgan fingerprint density at radius 1 is 1.03 bits per heavy atom. The van der Waals surface area contributed by atoms with Crippen LogP contribution in [0.4, 0.5) is 11.5 Å². The SMILES string of the molecule is O=C(O)c1cccc(OCC2CCN(c3ccc(NC(=O)c4cccc(-c5cnco5)c4)cn3)CC2)c1. The Morgan fingerprint density at radius 3 is 2.57 bits per heavy atom. The Balaban J connectivity index is 1.12. The molecule has 1 fully saturated rings. The molecule has 9 nitrogen and oxygen atoms in total. The summed E-state index contributed by atoms with van der Waals surface area (Å²) >= 11 is 0. The Kier molecular flexibility index (Phi) is 7.12. The number of benzene rings is 2. The average Bonchev–Trinajstić information content (AvgIpc) is 3.48. The molecule has 0 radical (unpaired) electrons. The molecule has 5 rings (SSSR count). The number of carbonyl (C=O) groups excluding carboxylic acids is 1. The van der Waals surface area contributed by atoms with Crippen LogP contribution >= 0.6 is 0 Å². The van der Waals surface area contributed by atoms with Gasteiger partial charge in [-0.25, -0.2) is 14.8 Å². The summed E-state index contributed by atoms with van der Waals surface area (Å²) in [6.07, 6.45) is 6.52. The number of nitrogens with one attached hydrogen (secondary N) is 1. The maximum Gasteiger partial charge on any atom is 0.335 e. The number of carbonyl (C=O) groups is 2. The zero-order chi connectivity index (χ0) is 25.6. The number of aromatic carboxylic acids is 1. The molecule has 9 heteroatoms. The van der Waals surface area contributed by atoms with Crippen molar-refractivity contribution in [1.82, 2.24) is 9.97 Å². The monoisotopic (exact) mass is 498 g/mol. The third kappa shape index (κ3) is 5.95. The number of hydrogen-bond donors (Lipinski definition) is 2. The van der Waals surface area contributed by atoms with Gasteiger partial charge in [-0.3, -0.25) is 4.79 Å². The van der Waals surface area contributed by atoms with Crippen LogP contribution in [0, 0.1) is 5.92 Å². The molecule has 2 aromatic carbocycles. The van der Waals surface area contributed by atoms with E-state index in [9.17, 15) is 9.59 Å². The highest BCUT2D eigenvalue weighted by atomic mass is 16.5. The first-order chi connectivity index (χ1) is 18.0. The lowest BCUT2D eigenvalue weighted by molar-refractivity contribution is 0.0696. The molecule has 2 N–H and O–H groups in total. The Labute approximate surface area is 213 Å². The highest BCUT2D eigenvalue weighted by Gasteiger charge is 2.21. The third-order valence-corrected chi connectivity index (χ3v) is 6.35. The van der Waals surface area contributed by atoms with E-state index in [1.807, 2.05) is 18.2 Å². The van der Waals surface area contributed by atoms with Crippen molar-refractivity contribution < 1.29 is 23.8 Å². The van der Waals surface area contributed by atoms with Gasteiger partial charge in [-0.2, -0.15) is 0 Å². The van der Waals surface area contributed by atoms with Crippen molar-refractivity contribution in [3.63, 3.8) is 0 Å². The van der Waals surface area contributed by atoms with Crippen LogP contribution in [0.15, 0.2) is 83.9 Å². The van der Waals surface area contributed by atoms with Gasteiger partial charge in [-0.05, 0) is 61.2 Å². The molecule has 0 saturated carbocycles. The zero-order valence-electron chi connectivity index (χ0n) is 20.0. The number of nitrogens with zero attached hydrogens (tertiary/aromatic N) is 3. The maximum atomic E-state index is 12.7. The van der Waals surface area contributed by atoms with Crippen LogP contribution in [-0.4, -0.2) is 46.6 Å². The minimum Gasteiger partial charge on any atom is -0.493 e. The molecule has 1 saturated heterocycles. The summed E-state index contributed by atoms with van der Waals surface area (Å²) in [7, 11) is 0. The summed E-state index contributed by atoms with van der Waals surface area (Å²) in [4.78, 5) is 34.6. The van der Waals surface area contributed by atoms with Crippen molar-refractivity contribution in [3.8, 4) is 17.1 Å². The van der Waals surface area contributed by atoms with Crippen LogP contribution in [-0.2, 0) is 0 Å². The molecule has 37 heavy (non-hydrogen) atoms. The van der Waals surface area contributed by atoms with Gasteiger partial charge in [-0.1, -0.05) is 18.2 Å². The van der Waals surface area contributed by atoms with Crippen molar-refractivity contribution in [1.29, 1.82) is 0 Å². The molecule has 0 unspecified atom stereocenters. The fourth-order valence-electron chi connectivity index (χ4n) is 4.28. The Morgan fingerprint density at radius 2 is 1.84 bits per heavy atom. The van der Waals surface area contributed by atoms with Crippen LogP contribution in [0.3, 0.4) is 0 Å². The van der Waals surface area contributed by atoms with E-state index in [0.29, 0.717) is 35.3 Å². The largest absolute Gasteiger partial charge is 0.493 e. The van der Waals surface area contributed by atoms with Crippen molar-refractivity contribution in [2.75, 3.05) is 29.9 Å². The summed E-state index contributed by atoms with van der Waals surface area (Å²) in [5, 5.41) is 12.0. The Hall–Kier alpha value is -4.66. The molecule has 4 aromatic rings. The molecule has 3 heterocycles. The molecular weight excluding hydrogens is 472 g/mol. The van der Waals surface area contributed by atoms with Gasteiger partial charge in [0.1, 0.15) is 11.6 Å². The molecule has 2 aromatic heterocycles. The van der Waals surface area contributed by atoms with Gasteiger partial charge in [0.2, 0.25) is 0 Å². The van der Waals surface area contributed by atoms with E-state index in [1.165, 1.54) is 6.39 Å². The molecule has 1 amide bonds. The lowest BCUT2D eigenvalue weighted by Crippen LogP contribution is -2.36. The summed E-state index contributed by atoms with van der Waals surface area (Å²) in [6.45, 7) is 2.24. The van der Waals surface area contributed by atoms with E-state index >= 15 is 0 Å². The minimum absolute atomic E-state index is 0.220. The highest BCUT2D eigenvalue weighted by molar-refractivity contribution is 6.04. The van der Waals surface area contributed by atoms with Gasteiger partial charge in [0.15, 0.2) is 12.2 Å². The van der Waals surface area contributed by atoms with Crippen LogP contribution < -0.4 is 15.0 Å². The average molecular weight is 499 g/mol. The fraction of sp³-hybridized carbons (Fsp3) is 0.214. The van der Waals surface area contributed by atoms with E-state index in [1.54, 1.807) is 54.9 Å². The quantitative estimate of drug-likeness (QED) is 0.349. The topological polar surface area (TPSA) is 118 Å². The molecule has 188 valence electrons. The smallest absolute Gasteiger partial charge is 0.335 e. The summed E-state index contributed by atoms with van der Waals surface area (Å²) in [5.41, 5.74) is 2.13. The summed E-state index contributed by atoms with van der Waals surface area (Å²) in [6, 6.07) is 17.5. The van der Waals surface area contributed by atoms with Crippen molar-refractivity contribution in [3.05, 3.63) is 90.6 Å². The van der Waals surface area contributed by atoms with Gasteiger partial charge >= 0.3 is 5.97 Å². The van der Waals surface area contributed by atoms with E-state index in [2.05, 4.69) is 20.2 Å². The van der Waals surface area contributed by atoms with Crippen molar-refractivity contribution >= 4 is 23.4 Å². The zero-order valence-corrected chi connectivity index (χ0v) is 20.0. The Bertz CT molecular complexity index is 1360. The number of pyridine rings is 1. The second kappa shape index (κ2) is 10.9. The lowest BCUT2D eigenvalue weighted by atomic mass is 9.98. The second-order valence-electron chi connectivity index (χ2n) is 8.88.